The summed E-state index contributed by atoms with van der Waals surface area (Å²) in [6, 6.07) is 26.9. The van der Waals surface area contributed by atoms with Crippen molar-refractivity contribution in [2.45, 2.75) is 11.0 Å². The van der Waals surface area contributed by atoms with Crippen molar-refractivity contribution in [2.24, 2.45) is 0 Å². The van der Waals surface area contributed by atoms with Crippen molar-refractivity contribution < 1.29 is 4.42 Å². The van der Waals surface area contributed by atoms with Crippen LogP contribution in [0.15, 0.2) is 93.0 Å². The van der Waals surface area contributed by atoms with Gasteiger partial charge in [0.15, 0.2) is 0 Å². The van der Waals surface area contributed by atoms with E-state index in [1.807, 2.05) is 30.3 Å². The van der Waals surface area contributed by atoms with Gasteiger partial charge >= 0.3 is 6.01 Å². The highest BCUT2D eigenvalue weighted by Crippen LogP contribution is 2.30. The van der Waals surface area contributed by atoms with Gasteiger partial charge < -0.3 is 9.73 Å². The van der Waals surface area contributed by atoms with Crippen LogP contribution in [0.2, 0.25) is 0 Å². The Hall–Kier alpha value is -2.57. The average Bonchev–Trinajstić information content (AvgIpc) is 3.16. The van der Waals surface area contributed by atoms with Crippen LogP contribution in [0.25, 0.3) is 11.1 Å². The summed E-state index contributed by atoms with van der Waals surface area (Å²) < 4.78 is 6.72. The second kappa shape index (κ2) is 8.41. The number of rotatable bonds is 6. The summed E-state index contributed by atoms with van der Waals surface area (Å²) in [6.45, 7) is 0. The van der Waals surface area contributed by atoms with Crippen LogP contribution >= 0.6 is 27.7 Å². The van der Waals surface area contributed by atoms with Crippen molar-refractivity contribution in [3.63, 3.8) is 0 Å². The van der Waals surface area contributed by atoms with Crippen LogP contribution in [-0.4, -0.2) is 10.2 Å². The van der Waals surface area contributed by atoms with Crippen LogP contribution in [0.3, 0.4) is 0 Å². The fraction of sp³-hybridized carbons (Fsp3) is 0.0476. The van der Waals surface area contributed by atoms with E-state index in [1.165, 1.54) is 28.5 Å². The molecule has 134 valence electrons. The Morgan fingerprint density at radius 3 is 2.41 bits per heavy atom. The summed E-state index contributed by atoms with van der Waals surface area (Å²) in [4.78, 5) is 0. The average molecular weight is 438 g/mol. The number of hydrogen-bond donors (Lipinski definition) is 1. The van der Waals surface area contributed by atoms with Gasteiger partial charge in [0.1, 0.15) is 0 Å². The second-order valence-electron chi connectivity index (χ2n) is 5.82. The van der Waals surface area contributed by atoms with E-state index in [0.29, 0.717) is 11.2 Å². The highest BCUT2D eigenvalue weighted by Gasteiger charge is 2.10. The summed E-state index contributed by atoms with van der Waals surface area (Å²) in [6.07, 6.45) is 0. The predicted molar refractivity (Wildman–Crippen MR) is 113 cm³/mol. The maximum atomic E-state index is 5.70. The first-order valence-corrected chi connectivity index (χ1v) is 10.2. The number of nitrogens with one attached hydrogen (secondary N) is 1. The first-order valence-electron chi connectivity index (χ1n) is 8.40. The largest absolute Gasteiger partial charge is 0.398 e. The molecule has 3 aromatic carbocycles. The van der Waals surface area contributed by atoms with E-state index in [2.05, 4.69) is 80.0 Å². The molecule has 0 fully saturated rings. The lowest BCUT2D eigenvalue weighted by molar-refractivity contribution is 0.468. The normalized spacial score (nSPS) is 10.7. The molecule has 0 radical (unpaired) electrons. The maximum Gasteiger partial charge on any atom is 0.320 e. The van der Waals surface area contributed by atoms with E-state index in [0.717, 1.165) is 15.9 Å². The number of thioether (sulfide) groups is 1. The van der Waals surface area contributed by atoms with E-state index in [-0.39, 0.29) is 0 Å². The minimum Gasteiger partial charge on any atom is -0.398 e. The number of benzene rings is 3. The molecule has 1 N–H and O–H groups in total. The molecule has 1 aromatic heterocycles. The summed E-state index contributed by atoms with van der Waals surface area (Å²) in [5.41, 5.74) is 4.55. The Morgan fingerprint density at radius 1 is 0.852 bits per heavy atom. The number of hydrogen-bond acceptors (Lipinski definition) is 5. The van der Waals surface area contributed by atoms with Gasteiger partial charge in [0, 0.05) is 15.9 Å². The van der Waals surface area contributed by atoms with Gasteiger partial charge in [0.2, 0.25) is 0 Å². The molecule has 4 rings (SSSR count). The van der Waals surface area contributed by atoms with Crippen LogP contribution in [0, 0.1) is 0 Å². The molecule has 4 nitrogen and oxygen atoms in total. The SMILES string of the molecule is Brc1ccc(Nc2nnc(SCc3ccccc3-c3ccccc3)o2)cc1. The van der Waals surface area contributed by atoms with Crippen LogP contribution in [0.5, 0.6) is 0 Å². The van der Waals surface area contributed by atoms with Crippen LogP contribution < -0.4 is 5.32 Å². The van der Waals surface area contributed by atoms with Crippen LogP contribution in [0.4, 0.5) is 11.7 Å². The molecule has 4 aromatic rings. The highest BCUT2D eigenvalue weighted by atomic mass is 79.9. The molecule has 0 amide bonds. The van der Waals surface area contributed by atoms with Gasteiger partial charge in [-0.05, 0) is 41.0 Å². The van der Waals surface area contributed by atoms with Crippen molar-refractivity contribution in [3.05, 3.63) is 88.9 Å². The number of halogens is 1. The molecule has 0 saturated heterocycles. The molecular weight excluding hydrogens is 422 g/mol. The minimum atomic E-state index is 0.385. The van der Waals surface area contributed by atoms with E-state index < -0.39 is 0 Å². The Bertz CT molecular complexity index is 1020. The van der Waals surface area contributed by atoms with Crippen molar-refractivity contribution >= 4 is 39.4 Å². The lowest BCUT2D eigenvalue weighted by Gasteiger charge is -2.08. The molecule has 1 heterocycles. The van der Waals surface area contributed by atoms with E-state index in [9.17, 15) is 0 Å². The van der Waals surface area contributed by atoms with Crippen LogP contribution in [-0.2, 0) is 5.75 Å². The van der Waals surface area contributed by atoms with Crippen molar-refractivity contribution in [3.8, 4) is 11.1 Å². The smallest absolute Gasteiger partial charge is 0.320 e. The van der Waals surface area contributed by atoms with Gasteiger partial charge in [-0.15, -0.1) is 0 Å². The molecule has 0 atom stereocenters. The molecule has 0 aliphatic rings. The van der Waals surface area contributed by atoms with Crippen molar-refractivity contribution in [1.82, 2.24) is 10.2 Å². The van der Waals surface area contributed by atoms with E-state index in [1.54, 1.807) is 0 Å². The van der Waals surface area contributed by atoms with Crippen molar-refractivity contribution in [2.75, 3.05) is 5.32 Å². The third kappa shape index (κ3) is 4.59. The Morgan fingerprint density at radius 2 is 1.59 bits per heavy atom. The zero-order chi connectivity index (χ0) is 18.5. The quantitative estimate of drug-likeness (QED) is 0.347. The van der Waals surface area contributed by atoms with Gasteiger partial charge in [-0.25, -0.2) is 0 Å². The van der Waals surface area contributed by atoms with E-state index >= 15 is 0 Å². The monoisotopic (exact) mass is 437 g/mol. The molecule has 0 aliphatic carbocycles. The third-order valence-corrected chi connectivity index (χ3v) is 5.35. The van der Waals surface area contributed by atoms with Gasteiger partial charge in [-0.1, -0.05) is 92.5 Å². The zero-order valence-corrected chi connectivity index (χ0v) is 16.7. The summed E-state index contributed by atoms with van der Waals surface area (Å²) in [7, 11) is 0. The molecule has 0 unspecified atom stereocenters. The summed E-state index contributed by atoms with van der Waals surface area (Å²) in [5, 5.41) is 11.8. The van der Waals surface area contributed by atoms with Gasteiger partial charge in [-0.3, -0.25) is 0 Å². The predicted octanol–water partition coefficient (Wildman–Crippen LogP) is 6.54. The topological polar surface area (TPSA) is 51.0 Å². The Balaban J connectivity index is 1.44. The molecule has 6 heteroatoms. The van der Waals surface area contributed by atoms with Gasteiger partial charge in [-0.2, -0.15) is 0 Å². The molecule has 0 bridgehead atoms. The minimum absolute atomic E-state index is 0.385. The standard InChI is InChI=1S/C21H16BrN3OS/c22-17-10-12-18(13-11-17)23-20-24-25-21(26-20)27-14-16-8-4-5-9-19(16)15-6-2-1-3-7-15/h1-13H,14H2,(H,23,24). The lowest BCUT2D eigenvalue weighted by Crippen LogP contribution is -1.89. The summed E-state index contributed by atoms with van der Waals surface area (Å²) in [5.74, 6) is 0.755. The molecule has 0 saturated carbocycles. The lowest BCUT2D eigenvalue weighted by atomic mass is 10.0. The molecular formula is C21H16BrN3OS. The van der Waals surface area contributed by atoms with Gasteiger partial charge in [0.25, 0.3) is 5.22 Å². The first-order chi connectivity index (χ1) is 13.3. The summed E-state index contributed by atoms with van der Waals surface area (Å²) >= 11 is 4.95. The van der Waals surface area contributed by atoms with Crippen molar-refractivity contribution in [1.29, 1.82) is 0 Å². The third-order valence-electron chi connectivity index (χ3n) is 3.96. The number of aromatic nitrogens is 2. The maximum absolute atomic E-state index is 5.70. The zero-order valence-electron chi connectivity index (χ0n) is 14.3. The molecule has 0 aliphatic heterocycles. The molecule has 0 spiro atoms. The fourth-order valence-electron chi connectivity index (χ4n) is 2.66. The fourth-order valence-corrected chi connectivity index (χ4v) is 3.69. The van der Waals surface area contributed by atoms with Crippen LogP contribution in [0.1, 0.15) is 5.56 Å². The highest BCUT2D eigenvalue weighted by molar-refractivity contribution is 9.10. The second-order valence-corrected chi connectivity index (χ2v) is 7.66. The Labute approximate surface area is 170 Å². The van der Waals surface area contributed by atoms with Gasteiger partial charge in [0.05, 0.1) is 0 Å². The number of anilines is 2. The van der Waals surface area contributed by atoms with E-state index in [4.69, 9.17) is 4.42 Å². The number of nitrogens with zero attached hydrogens (tertiary/aromatic N) is 2. The Kier molecular flexibility index (Phi) is 5.55. The molecule has 27 heavy (non-hydrogen) atoms. The first kappa shape index (κ1) is 17.8.